The summed E-state index contributed by atoms with van der Waals surface area (Å²) in [5.74, 6) is -0.250. The average molecular weight is 309 g/mol. The van der Waals surface area contributed by atoms with Crippen LogP contribution in [0, 0.1) is 0 Å². The average Bonchev–Trinajstić information content (AvgIpc) is 2.56. The second-order valence-corrected chi connectivity index (χ2v) is 5.15. The van der Waals surface area contributed by atoms with Gasteiger partial charge in [0, 0.05) is 16.1 Å². The summed E-state index contributed by atoms with van der Waals surface area (Å²) >= 11 is 6.03. The Morgan fingerprint density at radius 1 is 0.955 bits per heavy atom. The molecule has 0 bridgehead atoms. The van der Waals surface area contributed by atoms with Crippen molar-refractivity contribution in [2.24, 2.45) is 5.10 Å². The maximum absolute atomic E-state index is 12.3. The first-order valence-electron chi connectivity index (χ1n) is 6.81. The van der Waals surface area contributed by atoms with E-state index in [0.29, 0.717) is 10.6 Å². The van der Waals surface area contributed by atoms with Crippen molar-refractivity contribution >= 4 is 34.5 Å². The molecule has 0 aliphatic rings. The first-order valence-corrected chi connectivity index (χ1v) is 7.19. The number of hydrogen-bond acceptors (Lipinski definition) is 2. The third-order valence-electron chi connectivity index (χ3n) is 3.31. The van der Waals surface area contributed by atoms with Crippen molar-refractivity contribution in [3.63, 3.8) is 0 Å². The van der Waals surface area contributed by atoms with E-state index >= 15 is 0 Å². The lowest BCUT2D eigenvalue weighted by Crippen LogP contribution is -2.17. The van der Waals surface area contributed by atoms with Crippen LogP contribution < -0.4 is 5.43 Å². The van der Waals surface area contributed by atoms with E-state index in [2.05, 4.69) is 10.5 Å². The standard InChI is InChI=1S/C18H13ClN2O/c19-17-11-4-2-7-14(17)12-20-21-18(22)16-10-5-8-13-6-1-3-9-15(13)16/h1-12H,(H,21,22)/b20-12+. The minimum atomic E-state index is -0.250. The molecule has 0 heterocycles. The van der Waals surface area contributed by atoms with Gasteiger partial charge >= 0.3 is 0 Å². The van der Waals surface area contributed by atoms with Gasteiger partial charge in [-0.1, -0.05) is 66.2 Å². The molecule has 0 radical (unpaired) electrons. The van der Waals surface area contributed by atoms with E-state index in [1.165, 1.54) is 6.21 Å². The second-order valence-electron chi connectivity index (χ2n) is 4.75. The molecule has 108 valence electrons. The lowest BCUT2D eigenvalue weighted by atomic mass is 10.0. The van der Waals surface area contributed by atoms with E-state index in [1.807, 2.05) is 54.6 Å². The van der Waals surface area contributed by atoms with Crippen LogP contribution in [0.15, 0.2) is 71.8 Å². The molecule has 3 aromatic rings. The van der Waals surface area contributed by atoms with Crippen molar-refractivity contribution in [2.75, 3.05) is 0 Å². The Labute approximate surface area is 133 Å². The smallest absolute Gasteiger partial charge is 0.267 e. The van der Waals surface area contributed by atoms with Crippen molar-refractivity contribution in [3.8, 4) is 0 Å². The highest BCUT2D eigenvalue weighted by molar-refractivity contribution is 6.33. The minimum Gasteiger partial charge on any atom is -0.267 e. The summed E-state index contributed by atoms with van der Waals surface area (Å²) in [6.07, 6.45) is 1.53. The first kappa shape index (κ1) is 14.3. The Morgan fingerprint density at radius 3 is 2.55 bits per heavy atom. The molecule has 3 rings (SSSR count). The number of nitrogens with one attached hydrogen (secondary N) is 1. The fourth-order valence-electron chi connectivity index (χ4n) is 2.22. The molecule has 0 saturated heterocycles. The summed E-state index contributed by atoms with van der Waals surface area (Å²) in [6.45, 7) is 0. The number of hydrogen-bond donors (Lipinski definition) is 1. The Kier molecular flexibility index (Phi) is 4.17. The molecule has 0 aliphatic carbocycles. The number of amides is 1. The van der Waals surface area contributed by atoms with Gasteiger partial charge in [0.05, 0.1) is 6.21 Å². The van der Waals surface area contributed by atoms with Gasteiger partial charge in [-0.05, 0) is 22.9 Å². The lowest BCUT2D eigenvalue weighted by Gasteiger charge is -2.04. The van der Waals surface area contributed by atoms with Gasteiger partial charge in [0.1, 0.15) is 0 Å². The van der Waals surface area contributed by atoms with Gasteiger partial charge in [0.15, 0.2) is 0 Å². The number of rotatable bonds is 3. The monoisotopic (exact) mass is 308 g/mol. The molecule has 22 heavy (non-hydrogen) atoms. The predicted molar refractivity (Wildman–Crippen MR) is 90.5 cm³/mol. The molecular weight excluding hydrogens is 296 g/mol. The summed E-state index contributed by atoms with van der Waals surface area (Å²) in [5, 5.41) is 6.48. The first-order chi connectivity index (χ1) is 10.8. The normalized spacial score (nSPS) is 11.0. The van der Waals surface area contributed by atoms with Gasteiger partial charge in [-0.15, -0.1) is 0 Å². The van der Waals surface area contributed by atoms with Crippen molar-refractivity contribution < 1.29 is 4.79 Å². The number of halogens is 1. The van der Waals surface area contributed by atoms with E-state index in [1.54, 1.807) is 12.1 Å². The molecule has 3 aromatic carbocycles. The van der Waals surface area contributed by atoms with Crippen LogP contribution in [0.5, 0.6) is 0 Å². The third kappa shape index (κ3) is 3.00. The number of carbonyl (C=O) groups excluding carboxylic acids is 1. The summed E-state index contributed by atoms with van der Waals surface area (Å²) in [5.41, 5.74) is 3.88. The van der Waals surface area contributed by atoms with Crippen LogP contribution in [0.3, 0.4) is 0 Å². The van der Waals surface area contributed by atoms with Crippen LogP contribution in [-0.2, 0) is 0 Å². The van der Waals surface area contributed by atoms with Gasteiger partial charge in [-0.3, -0.25) is 4.79 Å². The zero-order valence-corrected chi connectivity index (χ0v) is 12.4. The molecule has 1 amide bonds. The molecule has 0 aromatic heterocycles. The van der Waals surface area contributed by atoms with Crippen LogP contribution in [0.2, 0.25) is 5.02 Å². The fourth-order valence-corrected chi connectivity index (χ4v) is 2.41. The predicted octanol–water partition coefficient (Wildman–Crippen LogP) is 4.26. The number of carbonyl (C=O) groups is 1. The Bertz CT molecular complexity index is 853. The summed E-state index contributed by atoms with van der Waals surface area (Å²) < 4.78 is 0. The van der Waals surface area contributed by atoms with Crippen LogP contribution in [-0.4, -0.2) is 12.1 Å². The zero-order chi connectivity index (χ0) is 15.4. The lowest BCUT2D eigenvalue weighted by molar-refractivity contribution is 0.0957. The highest BCUT2D eigenvalue weighted by Crippen LogP contribution is 2.18. The Hall–Kier alpha value is -2.65. The Morgan fingerprint density at radius 2 is 1.68 bits per heavy atom. The van der Waals surface area contributed by atoms with Crippen molar-refractivity contribution in [2.45, 2.75) is 0 Å². The van der Waals surface area contributed by atoms with Crippen LogP contribution in [0.4, 0.5) is 0 Å². The number of fused-ring (bicyclic) bond motifs is 1. The number of benzene rings is 3. The van der Waals surface area contributed by atoms with Gasteiger partial charge < -0.3 is 0 Å². The van der Waals surface area contributed by atoms with Crippen LogP contribution in [0.25, 0.3) is 10.8 Å². The molecule has 3 nitrogen and oxygen atoms in total. The SMILES string of the molecule is O=C(N/N=C/c1ccccc1Cl)c1cccc2ccccc12. The van der Waals surface area contributed by atoms with Crippen LogP contribution in [0.1, 0.15) is 15.9 Å². The van der Waals surface area contributed by atoms with E-state index in [9.17, 15) is 4.79 Å². The highest BCUT2D eigenvalue weighted by Gasteiger charge is 2.08. The van der Waals surface area contributed by atoms with E-state index in [-0.39, 0.29) is 5.91 Å². The molecular formula is C18H13ClN2O. The van der Waals surface area contributed by atoms with E-state index < -0.39 is 0 Å². The summed E-state index contributed by atoms with van der Waals surface area (Å²) in [4.78, 5) is 12.3. The van der Waals surface area contributed by atoms with E-state index in [0.717, 1.165) is 16.3 Å². The van der Waals surface area contributed by atoms with Gasteiger partial charge in [-0.25, -0.2) is 5.43 Å². The van der Waals surface area contributed by atoms with Crippen molar-refractivity contribution in [1.29, 1.82) is 0 Å². The van der Waals surface area contributed by atoms with E-state index in [4.69, 9.17) is 11.6 Å². The third-order valence-corrected chi connectivity index (χ3v) is 3.65. The van der Waals surface area contributed by atoms with Gasteiger partial charge in [0.25, 0.3) is 5.91 Å². The fraction of sp³-hybridized carbons (Fsp3) is 0. The van der Waals surface area contributed by atoms with Gasteiger partial charge in [-0.2, -0.15) is 5.10 Å². The highest BCUT2D eigenvalue weighted by atomic mass is 35.5. The molecule has 0 fully saturated rings. The second kappa shape index (κ2) is 6.41. The molecule has 0 aliphatic heterocycles. The van der Waals surface area contributed by atoms with Crippen molar-refractivity contribution in [3.05, 3.63) is 82.9 Å². The molecule has 1 N–H and O–H groups in total. The molecule has 4 heteroatoms. The Balaban J connectivity index is 1.81. The number of nitrogens with zero attached hydrogens (tertiary/aromatic N) is 1. The molecule has 0 saturated carbocycles. The molecule has 0 atom stereocenters. The van der Waals surface area contributed by atoms with Gasteiger partial charge in [0.2, 0.25) is 0 Å². The largest absolute Gasteiger partial charge is 0.271 e. The van der Waals surface area contributed by atoms with Crippen LogP contribution >= 0.6 is 11.6 Å². The topological polar surface area (TPSA) is 41.5 Å². The van der Waals surface area contributed by atoms with Crippen molar-refractivity contribution in [1.82, 2.24) is 5.43 Å². The quantitative estimate of drug-likeness (QED) is 0.570. The maximum atomic E-state index is 12.3. The number of hydrazone groups is 1. The summed E-state index contributed by atoms with van der Waals surface area (Å²) in [7, 11) is 0. The summed E-state index contributed by atoms with van der Waals surface area (Å²) in [6, 6.07) is 20.7. The zero-order valence-electron chi connectivity index (χ0n) is 11.7. The maximum Gasteiger partial charge on any atom is 0.271 e. The minimum absolute atomic E-state index is 0.250. The molecule has 0 unspecified atom stereocenters. The molecule has 0 spiro atoms.